The van der Waals surface area contributed by atoms with E-state index in [4.69, 9.17) is 16.3 Å². The minimum absolute atomic E-state index is 0.0490. The molecule has 0 spiro atoms. The number of halogens is 4. The van der Waals surface area contributed by atoms with Gasteiger partial charge in [-0.2, -0.15) is 13.2 Å². The number of likely N-dealkylation sites (tertiary alicyclic amines) is 1. The molecule has 152 valence electrons. The summed E-state index contributed by atoms with van der Waals surface area (Å²) < 4.78 is 43.7. The molecule has 9 heteroatoms. The highest BCUT2D eigenvalue weighted by Crippen LogP contribution is 2.33. The summed E-state index contributed by atoms with van der Waals surface area (Å²) in [4.78, 5) is 19.5. The molecule has 0 radical (unpaired) electrons. The molecule has 1 aliphatic heterocycles. The Bertz CT molecular complexity index is 677. The van der Waals surface area contributed by atoms with Gasteiger partial charge in [0.2, 0.25) is 0 Å². The van der Waals surface area contributed by atoms with Crippen LogP contribution in [-0.4, -0.2) is 48.3 Å². The Morgan fingerprint density at radius 2 is 2.07 bits per heavy atom. The van der Waals surface area contributed by atoms with Crippen LogP contribution in [0.4, 0.5) is 23.8 Å². The van der Waals surface area contributed by atoms with Gasteiger partial charge in [0.05, 0.1) is 10.6 Å². The third-order valence-corrected chi connectivity index (χ3v) is 4.49. The Morgan fingerprint density at radius 3 is 2.63 bits per heavy atom. The lowest BCUT2D eigenvalue weighted by Crippen LogP contribution is -2.45. The molecular formula is C18H25ClF3N3O2. The summed E-state index contributed by atoms with van der Waals surface area (Å²) in [6.45, 7) is 7.14. The van der Waals surface area contributed by atoms with Gasteiger partial charge in [0.25, 0.3) is 0 Å². The van der Waals surface area contributed by atoms with Crippen molar-refractivity contribution < 1.29 is 22.7 Å². The standard InChI is InChI=1S/C18H25ClF3N3O2/c1-17(2,3)27-16(26)25-7-5-6-12(11-25)10-24(4)15-14(19)8-13(9-23-15)18(20,21)22/h8-9,12H,5-7,10-11H2,1-4H3/t12-/m1/s1. The number of nitrogens with zero attached hydrogens (tertiary/aromatic N) is 3. The van der Waals surface area contributed by atoms with Crippen LogP contribution in [0.3, 0.4) is 0 Å². The van der Waals surface area contributed by atoms with Crippen molar-refractivity contribution in [3.63, 3.8) is 0 Å². The van der Waals surface area contributed by atoms with E-state index in [9.17, 15) is 18.0 Å². The van der Waals surface area contributed by atoms with Crippen LogP contribution in [0.15, 0.2) is 12.3 Å². The van der Waals surface area contributed by atoms with Gasteiger partial charge >= 0.3 is 12.3 Å². The number of aromatic nitrogens is 1. The molecule has 1 aromatic rings. The van der Waals surface area contributed by atoms with Crippen molar-refractivity contribution in [1.29, 1.82) is 0 Å². The zero-order valence-corrected chi connectivity index (χ0v) is 16.7. The first-order valence-electron chi connectivity index (χ1n) is 8.78. The molecule has 0 aliphatic carbocycles. The van der Waals surface area contributed by atoms with E-state index in [1.54, 1.807) is 16.8 Å². The second-order valence-electron chi connectivity index (χ2n) is 7.84. The molecule has 2 rings (SSSR count). The van der Waals surface area contributed by atoms with Crippen molar-refractivity contribution in [1.82, 2.24) is 9.88 Å². The van der Waals surface area contributed by atoms with E-state index in [1.165, 1.54) is 0 Å². The molecule has 1 aliphatic rings. The fourth-order valence-electron chi connectivity index (χ4n) is 3.05. The SMILES string of the molecule is CN(C[C@H]1CCCN(C(=O)OC(C)(C)C)C1)c1ncc(C(F)(F)F)cc1Cl. The Kier molecular flexibility index (Phi) is 6.50. The van der Waals surface area contributed by atoms with Crippen molar-refractivity contribution in [2.45, 2.75) is 45.4 Å². The average molecular weight is 408 g/mol. The van der Waals surface area contributed by atoms with Gasteiger partial charge in [-0.3, -0.25) is 0 Å². The first-order valence-corrected chi connectivity index (χ1v) is 9.16. The van der Waals surface area contributed by atoms with E-state index in [-0.39, 0.29) is 17.0 Å². The number of ether oxygens (including phenoxy) is 1. The molecular weight excluding hydrogens is 383 g/mol. The van der Waals surface area contributed by atoms with E-state index in [1.807, 2.05) is 20.8 Å². The number of carbonyl (C=O) groups is 1. The van der Waals surface area contributed by atoms with Crippen LogP contribution in [0.25, 0.3) is 0 Å². The minimum Gasteiger partial charge on any atom is -0.444 e. The van der Waals surface area contributed by atoms with Crippen LogP contribution < -0.4 is 4.90 Å². The van der Waals surface area contributed by atoms with Gasteiger partial charge in [-0.05, 0) is 45.6 Å². The number of alkyl halides is 3. The Morgan fingerprint density at radius 1 is 1.41 bits per heavy atom. The molecule has 27 heavy (non-hydrogen) atoms. The maximum atomic E-state index is 12.7. The molecule has 0 bridgehead atoms. The van der Waals surface area contributed by atoms with E-state index in [0.29, 0.717) is 25.5 Å². The summed E-state index contributed by atoms with van der Waals surface area (Å²) in [5, 5.41) is -0.0490. The maximum Gasteiger partial charge on any atom is 0.417 e. The molecule has 2 heterocycles. The molecule has 0 aromatic carbocycles. The van der Waals surface area contributed by atoms with Crippen molar-refractivity contribution in [3.05, 3.63) is 22.8 Å². The number of amides is 1. The molecule has 1 atom stereocenters. The van der Waals surface area contributed by atoms with Crippen LogP contribution in [0.1, 0.15) is 39.2 Å². The average Bonchev–Trinajstić information content (AvgIpc) is 2.52. The molecule has 0 unspecified atom stereocenters. The summed E-state index contributed by atoms with van der Waals surface area (Å²) in [6, 6.07) is 0.883. The summed E-state index contributed by atoms with van der Waals surface area (Å²) in [5.74, 6) is 0.440. The van der Waals surface area contributed by atoms with Gasteiger partial charge in [-0.25, -0.2) is 9.78 Å². The predicted molar refractivity (Wildman–Crippen MR) is 98.1 cm³/mol. The molecule has 5 nitrogen and oxygen atoms in total. The number of hydrogen-bond acceptors (Lipinski definition) is 4. The monoisotopic (exact) mass is 407 g/mol. The lowest BCUT2D eigenvalue weighted by Gasteiger charge is -2.36. The number of hydrogen-bond donors (Lipinski definition) is 0. The van der Waals surface area contributed by atoms with Crippen molar-refractivity contribution in [2.24, 2.45) is 5.92 Å². The highest BCUT2D eigenvalue weighted by Gasteiger charge is 2.32. The van der Waals surface area contributed by atoms with Gasteiger partial charge < -0.3 is 14.5 Å². The third kappa shape index (κ3) is 6.16. The smallest absolute Gasteiger partial charge is 0.417 e. The normalized spacial score (nSPS) is 18.4. The van der Waals surface area contributed by atoms with E-state index < -0.39 is 17.3 Å². The van der Waals surface area contributed by atoms with E-state index in [0.717, 1.165) is 25.1 Å². The van der Waals surface area contributed by atoms with Crippen LogP contribution >= 0.6 is 11.6 Å². The summed E-state index contributed by atoms with van der Waals surface area (Å²) in [5.41, 5.74) is -1.43. The van der Waals surface area contributed by atoms with E-state index >= 15 is 0 Å². The highest BCUT2D eigenvalue weighted by atomic mass is 35.5. The number of anilines is 1. The second kappa shape index (κ2) is 8.12. The lowest BCUT2D eigenvalue weighted by atomic mass is 9.98. The van der Waals surface area contributed by atoms with Crippen molar-refractivity contribution in [2.75, 3.05) is 31.6 Å². The lowest BCUT2D eigenvalue weighted by molar-refractivity contribution is -0.137. The fraction of sp³-hybridized carbons (Fsp3) is 0.667. The Balaban J connectivity index is 2.01. The zero-order chi connectivity index (χ0) is 20.4. The van der Waals surface area contributed by atoms with Crippen LogP contribution in [0.2, 0.25) is 5.02 Å². The second-order valence-corrected chi connectivity index (χ2v) is 8.25. The summed E-state index contributed by atoms with van der Waals surface area (Å²) in [7, 11) is 1.73. The molecule has 1 fully saturated rings. The fourth-order valence-corrected chi connectivity index (χ4v) is 3.36. The molecule has 0 N–H and O–H groups in total. The number of carbonyl (C=O) groups excluding carboxylic acids is 1. The number of piperidine rings is 1. The number of rotatable bonds is 3. The quantitative estimate of drug-likeness (QED) is 0.719. The van der Waals surface area contributed by atoms with E-state index in [2.05, 4.69) is 4.98 Å². The van der Waals surface area contributed by atoms with Crippen molar-refractivity contribution >= 4 is 23.5 Å². The highest BCUT2D eigenvalue weighted by molar-refractivity contribution is 6.33. The van der Waals surface area contributed by atoms with Gasteiger partial charge in [0, 0.05) is 32.9 Å². The minimum atomic E-state index is -4.48. The van der Waals surface area contributed by atoms with Crippen LogP contribution in [0.5, 0.6) is 0 Å². The van der Waals surface area contributed by atoms with Gasteiger partial charge in [-0.1, -0.05) is 11.6 Å². The molecule has 0 saturated carbocycles. The maximum absolute atomic E-state index is 12.7. The zero-order valence-electron chi connectivity index (χ0n) is 15.9. The number of pyridine rings is 1. The Labute approximate surface area is 162 Å². The topological polar surface area (TPSA) is 45.7 Å². The van der Waals surface area contributed by atoms with Crippen LogP contribution in [-0.2, 0) is 10.9 Å². The van der Waals surface area contributed by atoms with Gasteiger partial charge in [-0.15, -0.1) is 0 Å². The first-order chi connectivity index (χ1) is 12.4. The van der Waals surface area contributed by atoms with Gasteiger partial charge in [0.15, 0.2) is 0 Å². The predicted octanol–water partition coefficient (Wildman–Crippen LogP) is 4.84. The molecule has 1 saturated heterocycles. The first kappa shape index (κ1) is 21.6. The molecule has 1 aromatic heterocycles. The largest absolute Gasteiger partial charge is 0.444 e. The van der Waals surface area contributed by atoms with Gasteiger partial charge in [0.1, 0.15) is 11.4 Å². The summed E-state index contributed by atoms with van der Waals surface area (Å²) in [6.07, 6.45) is -2.30. The van der Waals surface area contributed by atoms with Crippen molar-refractivity contribution in [3.8, 4) is 0 Å². The molecule has 1 amide bonds. The Hall–Kier alpha value is -1.70. The van der Waals surface area contributed by atoms with Crippen LogP contribution in [0, 0.1) is 5.92 Å². The summed E-state index contributed by atoms with van der Waals surface area (Å²) >= 11 is 6.01. The third-order valence-electron chi connectivity index (χ3n) is 4.21.